The van der Waals surface area contributed by atoms with Gasteiger partial charge >= 0.3 is 0 Å². The van der Waals surface area contributed by atoms with Crippen LogP contribution in [0.15, 0.2) is 73.0 Å². The van der Waals surface area contributed by atoms with Gasteiger partial charge in [0.25, 0.3) is 0 Å². The zero-order chi connectivity index (χ0) is 17.1. The third-order valence-corrected chi connectivity index (χ3v) is 5.28. The third kappa shape index (κ3) is 3.19. The zero-order valence-corrected chi connectivity index (χ0v) is 14.7. The van der Waals surface area contributed by atoms with Gasteiger partial charge in [0.15, 0.2) is 0 Å². The molecule has 0 N–H and O–H groups in total. The lowest BCUT2D eigenvalue weighted by Gasteiger charge is -2.24. The van der Waals surface area contributed by atoms with E-state index < -0.39 is 0 Å². The van der Waals surface area contributed by atoms with Crippen LogP contribution in [0.4, 0.5) is 0 Å². The fourth-order valence-corrected chi connectivity index (χ4v) is 3.99. The van der Waals surface area contributed by atoms with Gasteiger partial charge in [0, 0.05) is 0 Å². The standard InChI is InChI=1S/C19H18.C5H6O/c1-13-5-4-8-17-15(13)11-12-18-16-7-3-2-6-14(16)9-10-19(17)18;1-2-4-6-5-3-1/h2-3,6-7,9-13H,4-5,8H2,1H3;1-4H,5H2. The van der Waals surface area contributed by atoms with Gasteiger partial charge in [0.05, 0.1) is 6.26 Å². The van der Waals surface area contributed by atoms with Crippen molar-refractivity contribution in [3.05, 3.63) is 84.1 Å². The summed E-state index contributed by atoms with van der Waals surface area (Å²) in [7, 11) is 0. The Bertz CT molecular complexity index is 937. The minimum atomic E-state index is 0.722. The van der Waals surface area contributed by atoms with E-state index in [1.54, 1.807) is 17.4 Å². The summed E-state index contributed by atoms with van der Waals surface area (Å²) in [5.41, 5.74) is 3.18. The van der Waals surface area contributed by atoms with Gasteiger partial charge < -0.3 is 4.74 Å². The number of aryl methyl sites for hydroxylation is 1. The number of hydrogen-bond donors (Lipinski definition) is 0. The SMILES string of the molecule is C1=CCOC=C1.CC1CCCc2c1ccc1c2ccc2ccccc21. The summed E-state index contributed by atoms with van der Waals surface area (Å²) in [5.74, 6) is 0.722. The average Bonchev–Trinajstić information content (AvgIpc) is 2.69. The summed E-state index contributed by atoms with van der Waals surface area (Å²) in [6, 6.07) is 18.0. The molecule has 1 nitrogen and oxygen atoms in total. The molecule has 25 heavy (non-hydrogen) atoms. The Kier molecular flexibility index (Phi) is 4.56. The Hall–Kier alpha value is -2.54. The summed E-state index contributed by atoms with van der Waals surface area (Å²) >= 11 is 0. The van der Waals surface area contributed by atoms with E-state index in [4.69, 9.17) is 4.74 Å². The molecule has 126 valence electrons. The van der Waals surface area contributed by atoms with E-state index in [1.165, 1.54) is 40.8 Å². The van der Waals surface area contributed by atoms with Gasteiger partial charge in [-0.15, -0.1) is 0 Å². The van der Waals surface area contributed by atoms with E-state index in [-0.39, 0.29) is 0 Å². The molecule has 0 saturated carbocycles. The van der Waals surface area contributed by atoms with Crippen molar-refractivity contribution in [2.24, 2.45) is 0 Å². The largest absolute Gasteiger partial charge is 0.497 e. The molecule has 2 aliphatic rings. The van der Waals surface area contributed by atoms with Gasteiger partial charge in [-0.05, 0) is 70.0 Å². The minimum absolute atomic E-state index is 0.722. The Morgan fingerprint density at radius 3 is 2.52 bits per heavy atom. The van der Waals surface area contributed by atoms with Crippen LogP contribution in [0.3, 0.4) is 0 Å². The van der Waals surface area contributed by atoms with Crippen LogP contribution >= 0.6 is 0 Å². The van der Waals surface area contributed by atoms with E-state index in [9.17, 15) is 0 Å². The first-order chi connectivity index (χ1) is 12.3. The lowest BCUT2D eigenvalue weighted by Crippen LogP contribution is -2.07. The van der Waals surface area contributed by atoms with Gasteiger partial charge in [0.1, 0.15) is 6.61 Å². The van der Waals surface area contributed by atoms with Crippen molar-refractivity contribution in [3.8, 4) is 0 Å². The first-order valence-corrected chi connectivity index (χ1v) is 9.21. The maximum Gasteiger partial charge on any atom is 0.106 e. The first-order valence-electron chi connectivity index (χ1n) is 9.21. The molecular weight excluding hydrogens is 304 g/mol. The molecule has 1 aliphatic heterocycles. The second-order valence-corrected chi connectivity index (χ2v) is 6.90. The Morgan fingerprint density at radius 2 is 1.76 bits per heavy atom. The number of ether oxygens (including phenoxy) is 1. The molecule has 0 amide bonds. The predicted molar refractivity (Wildman–Crippen MR) is 107 cm³/mol. The highest BCUT2D eigenvalue weighted by Gasteiger charge is 2.18. The summed E-state index contributed by atoms with van der Waals surface area (Å²) < 4.78 is 4.80. The number of hydrogen-bond acceptors (Lipinski definition) is 1. The van der Waals surface area contributed by atoms with Gasteiger partial charge in [-0.2, -0.15) is 0 Å². The molecule has 1 heteroatoms. The maximum absolute atomic E-state index is 4.80. The number of rotatable bonds is 0. The number of benzene rings is 3. The van der Waals surface area contributed by atoms with Crippen molar-refractivity contribution in [2.45, 2.75) is 32.1 Å². The fourth-order valence-electron chi connectivity index (χ4n) is 3.99. The highest BCUT2D eigenvalue weighted by molar-refractivity contribution is 6.08. The average molecular weight is 328 g/mol. The molecule has 1 unspecified atom stereocenters. The first kappa shape index (κ1) is 16.0. The maximum atomic E-state index is 4.80. The highest BCUT2D eigenvalue weighted by Crippen LogP contribution is 2.37. The number of fused-ring (bicyclic) bond motifs is 5. The lowest BCUT2D eigenvalue weighted by molar-refractivity contribution is 0.286. The molecule has 1 aliphatic carbocycles. The predicted octanol–water partition coefficient (Wildman–Crippen LogP) is 6.52. The topological polar surface area (TPSA) is 9.23 Å². The van der Waals surface area contributed by atoms with Crippen molar-refractivity contribution in [1.82, 2.24) is 0 Å². The molecule has 1 heterocycles. The van der Waals surface area contributed by atoms with E-state index in [0.717, 1.165) is 12.5 Å². The van der Waals surface area contributed by atoms with Crippen molar-refractivity contribution >= 4 is 21.5 Å². The van der Waals surface area contributed by atoms with Gasteiger partial charge in [0.2, 0.25) is 0 Å². The minimum Gasteiger partial charge on any atom is -0.497 e. The summed E-state index contributed by atoms with van der Waals surface area (Å²) in [6.07, 6.45) is 11.4. The second-order valence-electron chi connectivity index (χ2n) is 6.90. The van der Waals surface area contributed by atoms with Crippen molar-refractivity contribution in [1.29, 1.82) is 0 Å². The summed E-state index contributed by atoms with van der Waals surface area (Å²) in [4.78, 5) is 0. The second kappa shape index (κ2) is 7.14. The van der Waals surface area contributed by atoms with Crippen LogP contribution in [0, 0.1) is 0 Å². The van der Waals surface area contributed by atoms with Gasteiger partial charge in [-0.25, -0.2) is 0 Å². The zero-order valence-electron chi connectivity index (χ0n) is 14.7. The van der Waals surface area contributed by atoms with Crippen LogP contribution in [-0.2, 0) is 11.2 Å². The molecule has 3 aromatic carbocycles. The van der Waals surface area contributed by atoms with E-state index in [1.807, 2.05) is 18.2 Å². The fraction of sp³-hybridized carbons (Fsp3) is 0.250. The molecule has 0 bridgehead atoms. The molecule has 0 spiro atoms. The Labute approximate surface area is 149 Å². The normalized spacial score (nSPS) is 18.4. The van der Waals surface area contributed by atoms with E-state index >= 15 is 0 Å². The lowest BCUT2D eigenvalue weighted by atomic mass is 9.81. The molecule has 0 fully saturated rings. The van der Waals surface area contributed by atoms with Gasteiger partial charge in [-0.1, -0.05) is 61.5 Å². The van der Waals surface area contributed by atoms with Crippen LogP contribution in [-0.4, -0.2) is 6.61 Å². The molecule has 0 radical (unpaired) electrons. The smallest absolute Gasteiger partial charge is 0.106 e. The molecule has 5 rings (SSSR count). The van der Waals surface area contributed by atoms with Crippen LogP contribution in [0.1, 0.15) is 36.8 Å². The van der Waals surface area contributed by atoms with E-state index in [2.05, 4.69) is 55.5 Å². The third-order valence-electron chi connectivity index (χ3n) is 5.28. The Morgan fingerprint density at radius 1 is 0.880 bits per heavy atom. The molecule has 1 atom stereocenters. The van der Waals surface area contributed by atoms with Crippen LogP contribution < -0.4 is 0 Å². The summed E-state index contributed by atoms with van der Waals surface area (Å²) in [6.45, 7) is 3.10. The van der Waals surface area contributed by atoms with Crippen molar-refractivity contribution < 1.29 is 4.74 Å². The number of allylic oxidation sites excluding steroid dienone is 2. The molecule has 0 saturated heterocycles. The highest BCUT2D eigenvalue weighted by atomic mass is 16.5. The molecular formula is C24H24O. The van der Waals surface area contributed by atoms with Crippen LogP contribution in [0.5, 0.6) is 0 Å². The monoisotopic (exact) mass is 328 g/mol. The van der Waals surface area contributed by atoms with Crippen LogP contribution in [0.25, 0.3) is 21.5 Å². The quantitative estimate of drug-likeness (QED) is 0.427. The van der Waals surface area contributed by atoms with Crippen LogP contribution in [0.2, 0.25) is 0 Å². The van der Waals surface area contributed by atoms with Crippen molar-refractivity contribution in [3.63, 3.8) is 0 Å². The summed E-state index contributed by atoms with van der Waals surface area (Å²) in [5, 5.41) is 5.63. The molecule has 3 aromatic rings. The van der Waals surface area contributed by atoms with Crippen molar-refractivity contribution in [2.75, 3.05) is 6.61 Å². The van der Waals surface area contributed by atoms with Gasteiger partial charge in [-0.3, -0.25) is 0 Å². The van der Waals surface area contributed by atoms with E-state index in [0.29, 0.717) is 0 Å². The molecule has 0 aromatic heterocycles. The Balaban J connectivity index is 0.000000223.